The second kappa shape index (κ2) is 13.1. The Morgan fingerprint density at radius 1 is 0.892 bits per heavy atom. The number of rotatable bonds is 9. The number of amides is 2. The molecule has 1 aliphatic carbocycles. The van der Waals surface area contributed by atoms with E-state index in [1.807, 2.05) is 67.6 Å². The topological polar surface area (TPSA) is 49.4 Å². The highest BCUT2D eigenvalue weighted by molar-refractivity contribution is 6.42. The molecule has 0 spiro atoms. The van der Waals surface area contributed by atoms with Crippen molar-refractivity contribution in [3.05, 3.63) is 105 Å². The molecule has 4 rings (SSSR count). The summed E-state index contributed by atoms with van der Waals surface area (Å²) < 4.78 is 0. The monoisotopic (exact) mass is 536 g/mol. The average molecular weight is 538 g/mol. The Morgan fingerprint density at radius 3 is 2.30 bits per heavy atom. The summed E-state index contributed by atoms with van der Waals surface area (Å²) in [5.74, 6) is -0.215. The van der Waals surface area contributed by atoms with Crippen LogP contribution in [0.5, 0.6) is 0 Å². The maximum Gasteiger partial charge on any atom is 0.243 e. The van der Waals surface area contributed by atoms with Gasteiger partial charge in [-0.25, -0.2) is 0 Å². The Morgan fingerprint density at radius 2 is 1.59 bits per heavy atom. The minimum absolute atomic E-state index is 0.0909. The van der Waals surface area contributed by atoms with Crippen LogP contribution in [-0.2, 0) is 29.0 Å². The van der Waals surface area contributed by atoms with Crippen molar-refractivity contribution in [2.45, 2.75) is 70.5 Å². The maximum absolute atomic E-state index is 13.9. The summed E-state index contributed by atoms with van der Waals surface area (Å²) in [6, 6.07) is 22.7. The van der Waals surface area contributed by atoms with Crippen molar-refractivity contribution in [2.24, 2.45) is 0 Å². The van der Waals surface area contributed by atoms with Gasteiger partial charge >= 0.3 is 0 Å². The molecule has 194 valence electrons. The van der Waals surface area contributed by atoms with Crippen LogP contribution in [0.3, 0.4) is 0 Å². The Balaban J connectivity index is 1.67. The molecule has 0 unspecified atom stereocenters. The highest BCUT2D eigenvalue weighted by atomic mass is 35.5. The van der Waals surface area contributed by atoms with Crippen molar-refractivity contribution in [3.8, 4) is 0 Å². The van der Waals surface area contributed by atoms with Crippen molar-refractivity contribution >= 4 is 35.0 Å². The largest absolute Gasteiger partial charge is 0.352 e. The van der Waals surface area contributed by atoms with Gasteiger partial charge in [0.25, 0.3) is 0 Å². The number of carbonyl (C=O) groups is 2. The Hall–Kier alpha value is -2.82. The number of hydrogen-bond acceptors (Lipinski definition) is 2. The van der Waals surface area contributed by atoms with E-state index in [1.54, 1.807) is 17.0 Å². The lowest BCUT2D eigenvalue weighted by atomic mass is 9.94. The number of carbonyl (C=O) groups excluding carboxylic acids is 2. The normalized spacial score (nSPS) is 14.7. The molecular formula is C31H34Cl2N2O2. The van der Waals surface area contributed by atoms with Crippen LogP contribution >= 0.6 is 23.2 Å². The van der Waals surface area contributed by atoms with Crippen molar-refractivity contribution in [2.75, 3.05) is 0 Å². The zero-order chi connectivity index (χ0) is 26.2. The second-order valence-electron chi connectivity index (χ2n) is 9.92. The van der Waals surface area contributed by atoms with E-state index in [2.05, 4.69) is 5.32 Å². The molecule has 0 aromatic heterocycles. The Bertz CT molecular complexity index is 1210. The fourth-order valence-corrected chi connectivity index (χ4v) is 5.32. The highest BCUT2D eigenvalue weighted by Gasteiger charge is 2.32. The predicted octanol–water partition coefficient (Wildman–Crippen LogP) is 6.93. The molecule has 0 saturated heterocycles. The van der Waals surface area contributed by atoms with Gasteiger partial charge in [0.05, 0.1) is 16.5 Å². The van der Waals surface area contributed by atoms with Gasteiger partial charge in [-0.1, -0.05) is 103 Å². The number of benzene rings is 3. The van der Waals surface area contributed by atoms with E-state index in [0.717, 1.165) is 47.9 Å². The average Bonchev–Trinajstić information content (AvgIpc) is 2.90. The fraction of sp³-hybridized carbons (Fsp3) is 0.355. The maximum atomic E-state index is 13.9. The molecule has 0 bridgehead atoms. The number of nitrogens with zero attached hydrogens (tertiary/aromatic N) is 1. The minimum Gasteiger partial charge on any atom is -0.352 e. The van der Waals surface area contributed by atoms with Gasteiger partial charge in [0.15, 0.2) is 0 Å². The van der Waals surface area contributed by atoms with Gasteiger partial charge in [-0.2, -0.15) is 0 Å². The molecule has 1 aliphatic rings. The number of halogens is 2. The zero-order valence-electron chi connectivity index (χ0n) is 21.3. The van der Waals surface area contributed by atoms with Crippen molar-refractivity contribution in [3.63, 3.8) is 0 Å². The quantitative estimate of drug-likeness (QED) is 0.322. The molecule has 0 heterocycles. The molecule has 1 N–H and O–H groups in total. The first-order chi connectivity index (χ1) is 17.9. The molecule has 1 saturated carbocycles. The van der Waals surface area contributed by atoms with Crippen LogP contribution in [0.4, 0.5) is 0 Å². The minimum atomic E-state index is -0.640. The SMILES string of the molecule is Cc1ccccc1CN(C(=O)Cc1ccc(Cl)c(Cl)c1)[C@@H](Cc1ccccc1)C(=O)NC1CCCCC1. The summed E-state index contributed by atoms with van der Waals surface area (Å²) in [4.78, 5) is 29.5. The van der Waals surface area contributed by atoms with E-state index >= 15 is 0 Å². The van der Waals surface area contributed by atoms with Crippen LogP contribution in [0.2, 0.25) is 10.0 Å². The first-order valence-corrected chi connectivity index (χ1v) is 13.8. The highest BCUT2D eigenvalue weighted by Crippen LogP contribution is 2.25. The van der Waals surface area contributed by atoms with Gasteiger partial charge in [0.2, 0.25) is 11.8 Å². The van der Waals surface area contributed by atoms with E-state index in [9.17, 15) is 9.59 Å². The lowest BCUT2D eigenvalue weighted by molar-refractivity contribution is -0.141. The number of aryl methyl sites for hydroxylation is 1. The van der Waals surface area contributed by atoms with Gasteiger partial charge in [-0.15, -0.1) is 0 Å². The van der Waals surface area contributed by atoms with Crippen LogP contribution in [0.1, 0.15) is 54.4 Å². The lowest BCUT2D eigenvalue weighted by Gasteiger charge is -2.34. The standard InChI is InChI=1S/C31H34Cl2N2O2/c1-22-10-8-9-13-25(22)21-35(30(36)20-24-16-17-27(32)28(33)18-24)29(19-23-11-4-2-5-12-23)31(37)34-26-14-6-3-7-15-26/h2,4-5,8-13,16-18,26,29H,3,6-7,14-15,19-21H2,1H3,(H,34,37)/t29-/m0/s1. The Kier molecular flexibility index (Phi) is 9.65. The van der Waals surface area contributed by atoms with Crippen LogP contribution in [0.25, 0.3) is 0 Å². The van der Waals surface area contributed by atoms with Crippen molar-refractivity contribution in [1.29, 1.82) is 0 Å². The molecule has 4 nitrogen and oxygen atoms in total. The fourth-order valence-electron chi connectivity index (χ4n) is 5.00. The van der Waals surface area contributed by atoms with Gasteiger partial charge in [0.1, 0.15) is 6.04 Å². The first kappa shape index (κ1) is 27.2. The van der Waals surface area contributed by atoms with Crippen LogP contribution in [0, 0.1) is 6.92 Å². The molecule has 37 heavy (non-hydrogen) atoms. The number of nitrogens with one attached hydrogen (secondary N) is 1. The summed E-state index contributed by atoms with van der Waals surface area (Å²) in [6.07, 6.45) is 6.00. The molecule has 3 aromatic carbocycles. The predicted molar refractivity (Wildman–Crippen MR) is 151 cm³/mol. The smallest absolute Gasteiger partial charge is 0.243 e. The summed E-state index contributed by atoms with van der Waals surface area (Å²) in [7, 11) is 0. The van der Waals surface area contributed by atoms with Gasteiger partial charge in [-0.3, -0.25) is 9.59 Å². The molecule has 0 aliphatic heterocycles. The van der Waals surface area contributed by atoms with Crippen LogP contribution < -0.4 is 5.32 Å². The van der Waals surface area contributed by atoms with Crippen LogP contribution in [0.15, 0.2) is 72.8 Å². The first-order valence-electron chi connectivity index (χ1n) is 13.0. The van der Waals surface area contributed by atoms with Crippen molar-refractivity contribution < 1.29 is 9.59 Å². The third-order valence-electron chi connectivity index (χ3n) is 7.16. The van der Waals surface area contributed by atoms with E-state index < -0.39 is 6.04 Å². The van der Waals surface area contributed by atoms with E-state index in [4.69, 9.17) is 23.2 Å². The van der Waals surface area contributed by atoms with Crippen molar-refractivity contribution in [1.82, 2.24) is 10.2 Å². The molecule has 0 radical (unpaired) electrons. The Labute approximate surface area is 230 Å². The van der Waals surface area contributed by atoms with Gasteiger partial charge in [-0.05, 0) is 54.2 Å². The molecule has 2 amide bonds. The van der Waals surface area contributed by atoms with E-state index in [1.165, 1.54) is 6.42 Å². The third-order valence-corrected chi connectivity index (χ3v) is 7.90. The van der Waals surface area contributed by atoms with Crippen LogP contribution in [-0.4, -0.2) is 28.8 Å². The summed E-state index contributed by atoms with van der Waals surface area (Å²) in [5.41, 5.74) is 3.89. The molecule has 1 atom stereocenters. The van der Waals surface area contributed by atoms with E-state index in [0.29, 0.717) is 23.0 Å². The molecule has 3 aromatic rings. The lowest BCUT2D eigenvalue weighted by Crippen LogP contribution is -2.53. The second-order valence-corrected chi connectivity index (χ2v) is 10.7. The third kappa shape index (κ3) is 7.59. The van der Waals surface area contributed by atoms with Gasteiger partial charge in [0, 0.05) is 19.0 Å². The van der Waals surface area contributed by atoms with Gasteiger partial charge < -0.3 is 10.2 Å². The summed E-state index contributed by atoms with van der Waals surface area (Å²) in [5, 5.41) is 4.14. The molecule has 6 heteroatoms. The number of hydrogen-bond donors (Lipinski definition) is 1. The van der Waals surface area contributed by atoms with E-state index in [-0.39, 0.29) is 24.3 Å². The summed E-state index contributed by atoms with van der Waals surface area (Å²) in [6.45, 7) is 2.38. The molecule has 1 fully saturated rings. The summed E-state index contributed by atoms with van der Waals surface area (Å²) >= 11 is 12.3. The molecular weight excluding hydrogens is 503 g/mol. The zero-order valence-corrected chi connectivity index (χ0v) is 22.8.